The first kappa shape index (κ1) is 16.9. The predicted octanol–water partition coefficient (Wildman–Crippen LogP) is 4.11. The van der Waals surface area contributed by atoms with E-state index in [0.29, 0.717) is 11.1 Å². The Bertz CT molecular complexity index is 1080. The summed E-state index contributed by atoms with van der Waals surface area (Å²) in [6.45, 7) is 1.90. The summed E-state index contributed by atoms with van der Waals surface area (Å²) in [6, 6.07) is 21.7. The van der Waals surface area contributed by atoms with Crippen molar-refractivity contribution < 1.29 is 0 Å². The van der Waals surface area contributed by atoms with Crippen molar-refractivity contribution in [3.8, 4) is 22.5 Å². The highest BCUT2D eigenvalue weighted by Gasteiger charge is 2.16. The van der Waals surface area contributed by atoms with E-state index in [2.05, 4.69) is 4.98 Å². The van der Waals surface area contributed by atoms with Gasteiger partial charge in [-0.2, -0.15) is 0 Å². The van der Waals surface area contributed by atoms with E-state index in [1.165, 1.54) is 4.68 Å². The van der Waals surface area contributed by atoms with Gasteiger partial charge in [-0.3, -0.25) is 4.79 Å². The van der Waals surface area contributed by atoms with Crippen molar-refractivity contribution in [3.63, 3.8) is 0 Å². The molecule has 0 radical (unpaired) electrons. The molecular weight excluding hydrogens is 334 g/mol. The van der Waals surface area contributed by atoms with Crippen molar-refractivity contribution >= 4 is 23.2 Å². The van der Waals surface area contributed by atoms with Gasteiger partial charge in [-0.05, 0) is 18.6 Å². The van der Waals surface area contributed by atoms with Gasteiger partial charge in [0.2, 0.25) is 0 Å². The van der Waals surface area contributed by atoms with Gasteiger partial charge in [0, 0.05) is 16.6 Å². The summed E-state index contributed by atoms with van der Waals surface area (Å²) in [5.74, 6) is 6.09. The summed E-state index contributed by atoms with van der Waals surface area (Å²) in [7, 11) is 0. The summed E-state index contributed by atoms with van der Waals surface area (Å²) in [6.07, 6.45) is 0. The number of hydrogen-bond donors (Lipinski definition) is 2. The van der Waals surface area contributed by atoms with Crippen molar-refractivity contribution in [2.45, 2.75) is 6.92 Å². The lowest BCUT2D eigenvalue weighted by Gasteiger charge is -2.09. The summed E-state index contributed by atoms with van der Waals surface area (Å²) in [5.41, 5.74) is 4.23. The summed E-state index contributed by atoms with van der Waals surface area (Å²) < 4.78 is 1.23. The van der Waals surface area contributed by atoms with Gasteiger partial charge >= 0.3 is 0 Å². The zero-order valence-corrected chi connectivity index (χ0v) is 14.5. The lowest BCUT2D eigenvalue weighted by Crippen LogP contribution is -2.28. The van der Waals surface area contributed by atoms with Crippen LogP contribution in [0, 0.1) is 6.92 Å². The average molecular weight is 352 g/mol. The van der Waals surface area contributed by atoms with Gasteiger partial charge in [-0.1, -0.05) is 60.7 Å². The molecule has 0 fully saturated rings. The predicted molar refractivity (Wildman–Crippen MR) is 106 cm³/mol. The highest BCUT2D eigenvalue weighted by Crippen LogP contribution is 2.31. The maximum atomic E-state index is 12.8. The molecule has 0 saturated carbocycles. The second-order valence-electron chi connectivity index (χ2n) is 5.85. The number of benzene rings is 2. The van der Waals surface area contributed by atoms with Crippen molar-refractivity contribution in [3.05, 3.63) is 82.8 Å². The Morgan fingerprint density at radius 2 is 1.48 bits per heavy atom. The van der Waals surface area contributed by atoms with Crippen LogP contribution in [0.15, 0.2) is 71.5 Å². The number of aromatic amines is 1. The number of nitrogens with two attached hydrogens (primary N) is 1. The Kier molecular flexibility index (Phi) is 4.38. The molecule has 126 valence electrons. The normalized spacial score (nSPS) is 10.6. The second kappa shape index (κ2) is 6.49. The van der Waals surface area contributed by atoms with E-state index >= 15 is 0 Å². The number of pyridine rings is 1. The van der Waals surface area contributed by atoms with E-state index in [1.54, 1.807) is 0 Å². The van der Waals surface area contributed by atoms with Crippen LogP contribution in [-0.2, 0) is 0 Å². The monoisotopic (exact) mass is 351 g/mol. The second-order valence-corrected chi connectivity index (χ2v) is 5.85. The average Bonchev–Trinajstić information content (AvgIpc) is 2.96. The molecule has 0 aliphatic rings. The molecule has 0 aliphatic carbocycles. The minimum absolute atomic E-state index is 0. The molecule has 5 heteroatoms. The summed E-state index contributed by atoms with van der Waals surface area (Å²) in [4.78, 5) is 16.2. The molecule has 0 amide bonds. The van der Waals surface area contributed by atoms with E-state index < -0.39 is 0 Å². The van der Waals surface area contributed by atoms with Crippen molar-refractivity contribution in [2.75, 3.05) is 5.84 Å². The number of halogens is 1. The molecule has 2 aromatic carbocycles. The summed E-state index contributed by atoms with van der Waals surface area (Å²) in [5, 5.41) is 1.53. The molecule has 0 atom stereocenters. The molecule has 0 unspecified atom stereocenters. The molecule has 4 nitrogen and oxygen atoms in total. The Labute approximate surface area is 151 Å². The number of fused-ring (bicyclic) bond motifs is 1. The Morgan fingerprint density at radius 3 is 2.08 bits per heavy atom. The number of hydrogen-bond acceptors (Lipinski definition) is 2. The van der Waals surface area contributed by atoms with Gasteiger partial charge in [0.1, 0.15) is 0 Å². The van der Waals surface area contributed by atoms with Gasteiger partial charge in [-0.15, -0.1) is 12.4 Å². The van der Waals surface area contributed by atoms with Crippen LogP contribution in [0.3, 0.4) is 0 Å². The highest BCUT2D eigenvalue weighted by atomic mass is 35.5. The lowest BCUT2D eigenvalue weighted by atomic mass is 10.0. The number of aryl methyl sites for hydroxylation is 1. The van der Waals surface area contributed by atoms with Crippen LogP contribution in [-0.4, -0.2) is 9.66 Å². The van der Waals surface area contributed by atoms with Crippen LogP contribution >= 0.6 is 12.4 Å². The van der Waals surface area contributed by atoms with Crippen LogP contribution in [0.4, 0.5) is 0 Å². The van der Waals surface area contributed by atoms with Crippen molar-refractivity contribution in [1.29, 1.82) is 0 Å². The van der Waals surface area contributed by atoms with Gasteiger partial charge in [0.25, 0.3) is 5.56 Å². The first-order valence-corrected chi connectivity index (χ1v) is 7.81. The fourth-order valence-corrected chi connectivity index (χ4v) is 3.16. The molecule has 0 spiro atoms. The van der Waals surface area contributed by atoms with E-state index in [4.69, 9.17) is 5.84 Å². The first-order chi connectivity index (χ1) is 11.7. The third-order valence-electron chi connectivity index (χ3n) is 4.33. The topological polar surface area (TPSA) is 63.8 Å². The van der Waals surface area contributed by atoms with Gasteiger partial charge in [-0.25, -0.2) is 4.68 Å². The molecule has 2 heterocycles. The third-order valence-corrected chi connectivity index (χ3v) is 4.33. The smallest absolute Gasteiger partial charge is 0.278 e. The Hall–Kier alpha value is -2.98. The van der Waals surface area contributed by atoms with Crippen LogP contribution in [0.25, 0.3) is 33.3 Å². The zero-order chi connectivity index (χ0) is 16.7. The highest BCUT2D eigenvalue weighted by molar-refractivity contribution is 5.99. The third kappa shape index (κ3) is 2.71. The standard InChI is InChI=1S/C20H17N3O.ClH/c1-13-18-16(19(22-13)15-10-6-3-7-11-15)12-17(23(21)20(18)24)14-8-4-2-5-9-14;/h2-12,22H,21H2,1H3;1H. The van der Waals surface area contributed by atoms with Crippen molar-refractivity contribution in [2.24, 2.45) is 0 Å². The molecular formula is C20H18ClN3O. The van der Waals surface area contributed by atoms with Crippen LogP contribution in [0.5, 0.6) is 0 Å². The Balaban J connectivity index is 0.00000182. The number of aromatic nitrogens is 2. The molecule has 0 aliphatic heterocycles. The molecule has 4 rings (SSSR count). The number of H-pyrrole nitrogens is 1. The molecule has 25 heavy (non-hydrogen) atoms. The van der Waals surface area contributed by atoms with E-state index in [9.17, 15) is 4.79 Å². The maximum Gasteiger partial charge on any atom is 0.278 e. The number of nitrogens with one attached hydrogen (secondary N) is 1. The number of nitrogen functional groups attached to an aromatic ring is 1. The fourth-order valence-electron chi connectivity index (χ4n) is 3.16. The maximum absolute atomic E-state index is 12.8. The quantitative estimate of drug-likeness (QED) is 0.534. The van der Waals surface area contributed by atoms with Gasteiger partial charge in [0.05, 0.1) is 16.8 Å². The fraction of sp³-hybridized carbons (Fsp3) is 0.0500. The van der Waals surface area contributed by atoms with Gasteiger partial charge < -0.3 is 10.8 Å². The van der Waals surface area contributed by atoms with E-state index in [1.807, 2.05) is 73.7 Å². The SMILES string of the molecule is Cc1[nH]c(-c2ccccc2)c2cc(-c3ccccc3)n(N)c(=O)c12.Cl. The first-order valence-electron chi connectivity index (χ1n) is 7.81. The van der Waals surface area contributed by atoms with Crippen LogP contribution in [0.1, 0.15) is 5.69 Å². The number of rotatable bonds is 2. The lowest BCUT2D eigenvalue weighted by molar-refractivity contribution is 0.962. The minimum atomic E-state index is -0.192. The molecule has 3 N–H and O–H groups in total. The molecule has 4 aromatic rings. The van der Waals surface area contributed by atoms with Crippen LogP contribution < -0.4 is 11.4 Å². The molecule has 2 aromatic heterocycles. The van der Waals surface area contributed by atoms with E-state index in [0.717, 1.165) is 27.9 Å². The zero-order valence-electron chi connectivity index (χ0n) is 13.7. The number of nitrogens with zero attached hydrogens (tertiary/aromatic N) is 1. The largest absolute Gasteiger partial charge is 0.357 e. The summed E-state index contributed by atoms with van der Waals surface area (Å²) >= 11 is 0. The molecule has 0 saturated heterocycles. The van der Waals surface area contributed by atoms with Gasteiger partial charge in [0.15, 0.2) is 0 Å². The molecule has 0 bridgehead atoms. The minimum Gasteiger partial charge on any atom is -0.357 e. The van der Waals surface area contributed by atoms with E-state index in [-0.39, 0.29) is 18.0 Å². The Morgan fingerprint density at radius 1 is 0.920 bits per heavy atom. The van der Waals surface area contributed by atoms with Crippen LogP contribution in [0.2, 0.25) is 0 Å². The van der Waals surface area contributed by atoms with Crippen molar-refractivity contribution in [1.82, 2.24) is 9.66 Å².